The van der Waals surface area contributed by atoms with Crippen LogP contribution in [0.2, 0.25) is 0 Å². The molecule has 0 radical (unpaired) electrons. The summed E-state index contributed by atoms with van der Waals surface area (Å²) in [5.41, 5.74) is 6.28. The maximum absolute atomic E-state index is 11.2. The number of carbonyl (C=O) groups excluding carboxylic acids is 1. The third-order valence-electron chi connectivity index (χ3n) is 2.27. The smallest absolute Gasteiger partial charge is 0.305 e. The number of halogens is 1. The van der Waals surface area contributed by atoms with Crippen LogP contribution in [0.3, 0.4) is 0 Å². The molecule has 0 saturated heterocycles. The van der Waals surface area contributed by atoms with Crippen LogP contribution in [0.25, 0.3) is 0 Å². The van der Waals surface area contributed by atoms with Gasteiger partial charge >= 0.3 is 5.97 Å². The maximum Gasteiger partial charge on any atom is 0.305 e. The van der Waals surface area contributed by atoms with Crippen LogP contribution in [0, 0.1) is 0 Å². The summed E-state index contributed by atoms with van der Waals surface area (Å²) in [6, 6.07) is 5.16. The summed E-state index contributed by atoms with van der Waals surface area (Å²) in [7, 11) is 0. The van der Waals surface area contributed by atoms with Crippen LogP contribution in [0.15, 0.2) is 22.7 Å². The fourth-order valence-corrected chi connectivity index (χ4v) is 1.75. The number of benzene rings is 1. The number of carbonyl (C=O) groups is 2. The second kappa shape index (κ2) is 7.75. The van der Waals surface area contributed by atoms with Crippen LogP contribution in [-0.4, -0.2) is 36.7 Å². The van der Waals surface area contributed by atoms with Crippen molar-refractivity contribution in [3.63, 3.8) is 0 Å². The van der Waals surface area contributed by atoms with Gasteiger partial charge in [0.1, 0.15) is 0 Å². The van der Waals surface area contributed by atoms with E-state index in [1.807, 2.05) is 0 Å². The monoisotopic (exact) mass is 330 g/mol. The van der Waals surface area contributed by atoms with Crippen LogP contribution in [0.1, 0.15) is 16.8 Å². The molecule has 0 spiro atoms. The van der Waals surface area contributed by atoms with Crippen molar-refractivity contribution in [3.8, 4) is 0 Å². The van der Waals surface area contributed by atoms with Crippen molar-refractivity contribution in [3.05, 3.63) is 28.2 Å². The van der Waals surface area contributed by atoms with E-state index >= 15 is 0 Å². The molecule has 1 aromatic rings. The van der Waals surface area contributed by atoms with Crippen molar-refractivity contribution in [2.45, 2.75) is 6.42 Å². The van der Waals surface area contributed by atoms with E-state index < -0.39 is 11.9 Å². The van der Waals surface area contributed by atoms with Crippen LogP contribution in [-0.2, 0) is 9.53 Å². The summed E-state index contributed by atoms with van der Waals surface area (Å²) >= 11 is 3.26. The molecule has 19 heavy (non-hydrogen) atoms. The largest absolute Gasteiger partial charge is 0.481 e. The van der Waals surface area contributed by atoms with Gasteiger partial charge in [0.15, 0.2) is 0 Å². The Morgan fingerprint density at radius 3 is 2.74 bits per heavy atom. The minimum atomic E-state index is -0.892. The maximum atomic E-state index is 11.2. The first-order valence-electron chi connectivity index (χ1n) is 5.63. The Bertz CT molecular complexity index is 465. The minimum Gasteiger partial charge on any atom is -0.481 e. The molecule has 0 saturated carbocycles. The van der Waals surface area contributed by atoms with E-state index in [-0.39, 0.29) is 13.0 Å². The topological polar surface area (TPSA) is 102 Å². The lowest BCUT2D eigenvalue weighted by molar-refractivity contribution is -0.138. The zero-order valence-electron chi connectivity index (χ0n) is 10.2. The highest BCUT2D eigenvalue weighted by molar-refractivity contribution is 9.10. The molecule has 0 aliphatic rings. The van der Waals surface area contributed by atoms with E-state index in [0.29, 0.717) is 24.4 Å². The first kappa shape index (κ1) is 15.5. The van der Waals surface area contributed by atoms with E-state index in [1.54, 1.807) is 18.2 Å². The molecule has 0 aromatic heterocycles. The highest BCUT2D eigenvalue weighted by atomic mass is 79.9. The van der Waals surface area contributed by atoms with Crippen LogP contribution >= 0.6 is 15.9 Å². The summed E-state index contributed by atoms with van der Waals surface area (Å²) < 4.78 is 5.89. The average molecular weight is 331 g/mol. The van der Waals surface area contributed by atoms with Gasteiger partial charge in [-0.25, -0.2) is 0 Å². The van der Waals surface area contributed by atoms with Crippen LogP contribution in [0.4, 0.5) is 5.69 Å². The Morgan fingerprint density at radius 1 is 1.37 bits per heavy atom. The molecule has 0 aliphatic carbocycles. The summed E-state index contributed by atoms with van der Waals surface area (Å²) in [6.07, 6.45) is -0.0230. The predicted molar refractivity (Wildman–Crippen MR) is 74.2 cm³/mol. The Labute approximate surface area is 119 Å². The summed E-state index contributed by atoms with van der Waals surface area (Å²) in [5.74, 6) is -1.41. The normalized spacial score (nSPS) is 10.2. The molecule has 104 valence electrons. The van der Waals surface area contributed by atoms with Gasteiger partial charge in [0.05, 0.1) is 25.2 Å². The van der Waals surface area contributed by atoms with Gasteiger partial charge in [-0.3, -0.25) is 9.59 Å². The molecular formula is C12H15BrN2O4. The number of hydrogen-bond acceptors (Lipinski definition) is 4. The molecule has 1 amide bonds. The lowest BCUT2D eigenvalue weighted by Crippen LogP contribution is -2.17. The lowest BCUT2D eigenvalue weighted by Gasteiger charge is -2.10. The minimum absolute atomic E-state index is 0.0230. The summed E-state index contributed by atoms with van der Waals surface area (Å²) in [5, 5.41) is 11.4. The molecular weight excluding hydrogens is 316 g/mol. The molecule has 1 aromatic carbocycles. The van der Waals surface area contributed by atoms with Gasteiger partial charge in [-0.15, -0.1) is 0 Å². The number of amides is 1. The highest BCUT2D eigenvalue weighted by Crippen LogP contribution is 2.20. The zero-order valence-corrected chi connectivity index (χ0v) is 11.8. The molecule has 0 bridgehead atoms. The van der Waals surface area contributed by atoms with E-state index in [1.165, 1.54) is 0 Å². The second-order valence-electron chi connectivity index (χ2n) is 3.74. The van der Waals surface area contributed by atoms with Gasteiger partial charge in [-0.1, -0.05) is 15.9 Å². The summed E-state index contributed by atoms with van der Waals surface area (Å²) in [4.78, 5) is 21.5. The van der Waals surface area contributed by atoms with Gasteiger partial charge in [-0.2, -0.15) is 0 Å². The number of hydrogen-bond donors (Lipinski definition) is 3. The van der Waals surface area contributed by atoms with Crippen LogP contribution in [0.5, 0.6) is 0 Å². The number of carboxylic acids is 1. The Morgan fingerprint density at radius 2 is 2.11 bits per heavy atom. The molecule has 0 atom stereocenters. The van der Waals surface area contributed by atoms with Crippen molar-refractivity contribution in [1.82, 2.24) is 0 Å². The quantitative estimate of drug-likeness (QED) is 0.626. The average Bonchev–Trinajstić information content (AvgIpc) is 2.34. The fraction of sp³-hybridized carbons (Fsp3) is 0.333. The van der Waals surface area contributed by atoms with Gasteiger partial charge < -0.3 is 20.9 Å². The SMILES string of the molecule is NC(=O)c1cc(Br)ccc1NCCOCCC(=O)O. The van der Waals surface area contributed by atoms with E-state index in [2.05, 4.69) is 21.2 Å². The fourth-order valence-electron chi connectivity index (χ4n) is 1.39. The number of carboxylic acid groups (broad SMARTS) is 1. The third kappa shape index (κ3) is 5.71. The molecule has 1 rings (SSSR count). The second-order valence-corrected chi connectivity index (χ2v) is 4.65. The number of nitrogens with two attached hydrogens (primary N) is 1. The van der Waals surface area contributed by atoms with Gasteiger partial charge in [-0.05, 0) is 18.2 Å². The number of ether oxygens (including phenoxy) is 1. The van der Waals surface area contributed by atoms with Crippen molar-refractivity contribution in [1.29, 1.82) is 0 Å². The Kier molecular flexibility index (Phi) is 6.31. The molecule has 7 heteroatoms. The first-order chi connectivity index (χ1) is 9.00. The van der Waals surface area contributed by atoms with Gasteiger partial charge in [0.2, 0.25) is 0 Å². The van der Waals surface area contributed by atoms with Gasteiger partial charge in [0.25, 0.3) is 5.91 Å². The van der Waals surface area contributed by atoms with Crippen molar-refractivity contribution < 1.29 is 19.4 Å². The molecule has 0 fully saturated rings. The molecule has 0 heterocycles. The van der Waals surface area contributed by atoms with Crippen LogP contribution < -0.4 is 11.1 Å². The van der Waals surface area contributed by atoms with Crippen molar-refractivity contribution in [2.24, 2.45) is 5.73 Å². The molecule has 0 unspecified atom stereocenters. The third-order valence-corrected chi connectivity index (χ3v) is 2.76. The lowest BCUT2D eigenvalue weighted by atomic mass is 10.1. The van der Waals surface area contributed by atoms with E-state index in [0.717, 1.165) is 4.47 Å². The molecule has 0 aliphatic heterocycles. The van der Waals surface area contributed by atoms with Crippen molar-refractivity contribution >= 4 is 33.5 Å². The predicted octanol–water partition coefficient (Wildman–Crippen LogP) is 1.45. The van der Waals surface area contributed by atoms with E-state index in [9.17, 15) is 9.59 Å². The zero-order chi connectivity index (χ0) is 14.3. The summed E-state index contributed by atoms with van der Waals surface area (Å²) in [6.45, 7) is 0.975. The number of aliphatic carboxylic acids is 1. The van der Waals surface area contributed by atoms with Crippen molar-refractivity contribution in [2.75, 3.05) is 25.1 Å². The van der Waals surface area contributed by atoms with Gasteiger partial charge in [0, 0.05) is 16.7 Å². The number of nitrogens with one attached hydrogen (secondary N) is 1. The Hall–Kier alpha value is -1.60. The highest BCUT2D eigenvalue weighted by Gasteiger charge is 2.08. The molecule has 6 nitrogen and oxygen atoms in total. The standard InChI is InChI=1S/C12H15BrN2O4/c13-8-1-2-10(9(7-8)12(14)18)15-4-6-19-5-3-11(16)17/h1-2,7,15H,3-6H2,(H2,14,18)(H,16,17). The molecule has 4 N–H and O–H groups in total. The first-order valence-corrected chi connectivity index (χ1v) is 6.43. The number of rotatable bonds is 8. The number of primary amides is 1. The Balaban J connectivity index is 2.41. The number of anilines is 1. The van der Waals surface area contributed by atoms with E-state index in [4.69, 9.17) is 15.6 Å².